The molecule has 0 heterocycles. The average molecular weight is 221 g/mol. The van der Waals surface area contributed by atoms with E-state index < -0.39 is 10.0 Å². The van der Waals surface area contributed by atoms with E-state index in [0.717, 1.165) is 19.3 Å². The second-order valence-corrected chi connectivity index (χ2v) is 6.65. The Bertz CT molecular complexity index is 247. The molecule has 0 spiro atoms. The van der Waals surface area contributed by atoms with Crippen LogP contribution >= 0.6 is 0 Å². The van der Waals surface area contributed by atoms with Crippen LogP contribution in [0.2, 0.25) is 0 Å². The summed E-state index contributed by atoms with van der Waals surface area (Å²) in [6.07, 6.45) is 3.14. The second-order valence-electron chi connectivity index (χ2n) is 4.10. The van der Waals surface area contributed by atoms with Crippen LogP contribution in [0.15, 0.2) is 0 Å². The summed E-state index contributed by atoms with van der Waals surface area (Å²) in [6, 6.07) is 0.113. The van der Waals surface area contributed by atoms with Gasteiger partial charge in [-0.25, -0.2) is 12.7 Å². The molecule has 0 aromatic heterocycles. The van der Waals surface area contributed by atoms with E-state index in [2.05, 4.69) is 6.92 Å². The van der Waals surface area contributed by atoms with Crippen LogP contribution in [0.25, 0.3) is 0 Å². The van der Waals surface area contributed by atoms with Gasteiger partial charge in [0.15, 0.2) is 0 Å². The van der Waals surface area contributed by atoms with Gasteiger partial charge in [0.2, 0.25) is 10.0 Å². The lowest BCUT2D eigenvalue weighted by Crippen LogP contribution is -2.39. The lowest BCUT2D eigenvalue weighted by molar-refractivity contribution is 0.360. The quantitative estimate of drug-likeness (QED) is 0.690. The molecule has 0 aliphatic carbocycles. The van der Waals surface area contributed by atoms with Crippen LogP contribution in [-0.4, -0.2) is 31.1 Å². The van der Waals surface area contributed by atoms with Gasteiger partial charge >= 0.3 is 0 Å². The fraction of sp³-hybridized carbons (Fsp3) is 1.00. The smallest absolute Gasteiger partial charge is 0.212 e. The highest BCUT2D eigenvalue weighted by Gasteiger charge is 2.25. The molecule has 0 saturated heterocycles. The molecule has 4 heteroatoms. The maximum absolute atomic E-state index is 11.8. The van der Waals surface area contributed by atoms with Crippen molar-refractivity contribution in [3.05, 3.63) is 0 Å². The first kappa shape index (κ1) is 13.9. The maximum Gasteiger partial charge on any atom is 0.216 e. The molecule has 3 nitrogen and oxygen atoms in total. The summed E-state index contributed by atoms with van der Waals surface area (Å²) < 4.78 is 25.0. The summed E-state index contributed by atoms with van der Waals surface area (Å²) in [6.45, 7) is 7.52. The Morgan fingerprint density at radius 3 is 2.07 bits per heavy atom. The Hall–Kier alpha value is -0.0900. The van der Waals surface area contributed by atoms with Crippen molar-refractivity contribution in [2.24, 2.45) is 0 Å². The van der Waals surface area contributed by atoms with Crippen LogP contribution < -0.4 is 0 Å². The van der Waals surface area contributed by atoms with Crippen LogP contribution in [0.5, 0.6) is 0 Å². The van der Waals surface area contributed by atoms with E-state index in [4.69, 9.17) is 0 Å². The molecule has 0 fully saturated rings. The predicted octanol–water partition coefficient (Wildman–Crippen LogP) is 2.24. The number of sulfonamides is 1. The second kappa shape index (κ2) is 5.71. The third kappa shape index (κ3) is 3.58. The molecule has 0 amide bonds. The van der Waals surface area contributed by atoms with Gasteiger partial charge in [-0.15, -0.1) is 0 Å². The standard InChI is InChI=1S/C10H23NO2S/c1-6-7-8-10(4)11(5)14(12,13)9(2)3/h9-10H,6-8H2,1-5H3/t10-/m0/s1. The zero-order valence-electron chi connectivity index (χ0n) is 9.95. The van der Waals surface area contributed by atoms with Gasteiger partial charge in [-0.1, -0.05) is 19.8 Å². The average Bonchev–Trinajstić information content (AvgIpc) is 2.12. The van der Waals surface area contributed by atoms with E-state index in [9.17, 15) is 8.42 Å². The molecule has 14 heavy (non-hydrogen) atoms. The normalized spacial score (nSPS) is 15.1. The lowest BCUT2D eigenvalue weighted by atomic mass is 10.1. The number of nitrogens with zero attached hydrogens (tertiary/aromatic N) is 1. The van der Waals surface area contributed by atoms with Crippen LogP contribution in [0.4, 0.5) is 0 Å². The van der Waals surface area contributed by atoms with E-state index in [-0.39, 0.29) is 11.3 Å². The third-order valence-electron chi connectivity index (χ3n) is 2.59. The first-order valence-corrected chi connectivity index (χ1v) is 6.81. The Balaban J connectivity index is 4.38. The molecule has 0 aliphatic heterocycles. The fourth-order valence-corrected chi connectivity index (χ4v) is 2.54. The maximum atomic E-state index is 11.8. The Labute approximate surface area is 88.5 Å². The Kier molecular flexibility index (Phi) is 5.67. The number of rotatable bonds is 6. The molecule has 0 aliphatic rings. The largest absolute Gasteiger partial charge is 0.216 e. The molecule has 0 radical (unpaired) electrons. The number of hydrogen-bond donors (Lipinski definition) is 0. The van der Waals surface area contributed by atoms with Gasteiger partial charge in [-0.2, -0.15) is 0 Å². The van der Waals surface area contributed by atoms with Crippen molar-refractivity contribution in [2.75, 3.05) is 7.05 Å². The van der Waals surface area contributed by atoms with Gasteiger partial charge < -0.3 is 0 Å². The molecule has 1 atom stereocenters. The van der Waals surface area contributed by atoms with Crippen molar-refractivity contribution in [1.29, 1.82) is 0 Å². The summed E-state index contributed by atoms with van der Waals surface area (Å²) in [5.41, 5.74) is 0. The minimum atomic E-state index is -3.07. The fourth-order valence-electron chi connectivity index (χ4n) is 1.26. The van der Waals surface area contributed by atoms with Gasteiger partial charge in [0.05, 0.1) is 5.25 Å². The van der Waals surface area contributed by atoms with Crippen molar-refractivity contribution in [1.82, 2.24) is 4.31 Å². The Morgan fingerprint density at radius 2 is 1.71 bits per heavy atom. The van der Waals surface area contributed by atoms with Gasteiger partial charge in [0.1, 0.15) is 0 Å². The monoisotopic (exact) mass is 221 g/mol. The first-order chi connectivity index (χ1) is 6.34. The van der Waals surface area contributed by atoms with Crippen molar-refractivity contribution in [2.45, 2.75) is 58.2 Å². The first-order valence-electron chi connectivity index (χ1n) is 5.30. The molecular formula is C10H23NO2S. The molecule has 0 rings (SSSR count). The van der Waals surface area contributed by atoms with Crippen molar-refractivity contribution in [3.8, 4) is 0 Å². The topological polar surface area (TPSA) is 37.4 Å². The molecule has 86 valence electrons. The minimum Gasteiger partial charge on any atom is -0.212 e. The van der Waals surface area contributed by atoms with Crippen LogP contribution in [0.3, 0.4) is 0 Å². The Morgan fingerprint density at radius 1 is 1.21 bits per heavy atom. The van der Waals surface area contributed by atoms with Crippen LogP contribution in [-0.2, 0) is 10.0 Å². The highest BCUT2D eigenvalue weighted by atomic mass is 32.2. The van der Waals surface area contributed by atoms with Crippen molar-refractivity contribution < 1.29 is 8.42 Å². The number of hydrogen-bond acceptors (Lipinski definition) is 2. The summed E-state index contributed by atoms with van der Waals surface area (Å²) in [7, 11) is -1.40. The molecule has 0 saturated carbocycles. The molecule has 0 bridgehead atoms. The van der Waals surface area contributed by atoms with E-state index in [1.807, 2.05) is 6.92 Å². The lowest BCUT2D eigenvalue weighted by Gasteiger charge is -2.26. The van der Waals surface area contributed by atoms with E-state index >= 15 is 0 Å². The highest BCUT2D eigenvalue weighted by Crippen LogP contribution is 2.14. The van der Waals surface area contributed by atoms with Gasteiger partial charge in [-0.3, -0.25) is 0 Å². The van der Waals surface area contributed by atoms with E-state index in [1.54, 1.807) is 20.9 Å². The number of unbranched alkanes of at least 4 members (excludes halogenated alkanes) is 1. The van der Waals surface area contributed by atoms with Gasteiger partial charge in [0, 0.05) is 13.1 Å². The molecule has 0 aromatic rings. The van der Waals surface area contributed by atoms with Crippen LogP contribution in [0, 0.1) is 0 Å². The zero-order chi connectivity index (χ0) is 11.4. The minimum absolute atomic E-state index is 0.113. The summed E-state index contributed by atoms with van der Waals surface area (Å²) in [4.78, 5) is 0. The molecule has 0 aromatic carbocycles. The van der Waals surface area contributed by atoms with Crippen molar-refractivity contribution in [3.63, 3.8) is 0 Å². The summed E-state index contributed by atoms with van der Waals surface area (Å²) in [5.74, 6) is 0. The van der Waals surface area contributed by atoms with Gasteiger partial charge in [0.25, 0.3) is 0 Å². The molecule has 0 unspecified atom stereocenters. The molecular weight excluding hydrogens is 198 g/mol. The zero-order valence-corrected chi connectivity index (χ0v) is 10.8. The van der Waals surface area contributed by atoms with Crippen LogP contribution in [0.1, 0.15) is 47.0 Å². The SMILES string of the molecule is CCCC[C@H](C)N(C)S(=O)(=O)C(C)C. The molecule has 0 N–H and O–H groups in total. The highest BCUT2D eigenvalue weighted by molar-refractivity contribution is 7.89. The van der Waals surface area contributed by atoms with Crippen molar-refractivity contribution >= 4 is 10.0 Å². The summed E-state index contributed by atoms with van der Waals surface area (Å²) in [5, 5.41) is -0.323. The predicted molar refractivity (Wildman–Crippen MR) is 60.8 cm³/mol. The van der Waals surface area contributed by atoms with E-state index in [1.165, 1.54) is 4.31 Å². The third-order valence-corrected chi connectivity index (χ3v) is 4.95. The van der Waals surface area contributed by atoms with Gasteiger partial charge in [-0.05, 0) is 27.2 Å². The van der Waals surface area contributed by atoms with E-state index in [0.29, 0.717) is 0 Å². The summed E-state index contributed by atoms with van der Waals surface area (Å²) >= 11 is 0.